The normalized spacial score (nSPS) is 9.29. The fourth-order valence-electron chi connectivity index (χ4n) is 1.75. The van der Waals surface area contributed by atoms with Gasteiger partial charge in [0.15, 0.2) is 17.2 Å². The monoisotopic (exact) mass is 366 g/mol. The van der Waals surface area contributed by atoms with E-state index in [1.54, 1.807) is 6.92 Å². The van der Waals surface area contributed by atoms with Crippen LogP contribution in [0.4, 0.5) is 11.4 Å². The van der Waals surface area contributed by atoms with Crippen LogP contribution in [0.5, 0.6) is 23.0 Å². The van der Waals surface area contributed by atoms with Gasteiger partial charge < -0.3 is 35.4 Å². The number of ether oxygens (including phenoxy) is 2. The molecule has 0 aliphatic rings. The molecule has 0 bridgehead atoms. The summed E-state index contributed by atoms with van der Waals surface area (Å²) in [4.78, 5) is 10.6. The van der Waals surface area contributed by atoms with Crippen molar-refractivity contribution in [2.45, 2.75) is 6.92 Å². The predicted octanol–water partition coefficient (Wildman–Crippen LogP) is 0.0392. The van der Waals surface area contributed by atoms with E-state index in [0.717, 1.165) is 0 Å². The van der Waals surface area contributed by atoms with Gasteiger partial charge in [-0.25, -0.2) is 0 Å². The standard InChI is InChI=1S/C12H18N2O6.O3S/c1-4-13-7-9(17)8(14-5-6(15)16)12(20-3)10(18)11(7)19-2;1-4(2)3/h13-14,17-18H,4-5H2,1-3H3,(H,15,16);. The number of carboxylic acid groups (broad SMARTS) is 1. The maximum absolute atomic E-state index is 10.6. The zero-order valence-electron chi connectivity index (χ0n) is 13.1. The second kappa shape index (κ2) is 9.99. The first-order valence-electron chi connectivity index (χ1n) is 6.37. The lowest BCUT2D eigenvalue weighted by atomic mass is 10.1. The number of aromatic hydroxyl groups is 2. The van der Waals surface area contributed by atoms with E-state index in [0.29, 0.717) is 6.54 Å². The predicted molar refractivity (Wildman–Crippen MR) is 82.9 cm³/mol. The number of anilines is 2. The third-order valence-electron chi connectivity index (χ3n) is 2.54. The molecule has 24 heavy (non-hydrogen) atoms. The van der Waals surface area contributed by atoms with Crippen molar-refractivity contribution in [3.63, 3.8) is 0 Å². The Morgan fingerprint density at radius 2 is 1.42 bits per heavy atom. The molecule has 1 rings (SSSR count). The Kier molecular flexibility index (Phi) is 8.79. The molecule has 136 valence electrons. The molecular weight excluding hydrogens is 348 g/mol. The molecule has 0 atom stereocenters. The molecule has 0 heterocycles. The summed E-state index contributed by atoms with van der Waals surface area (Å²) in [5.41, 5.74) is 0.130. The molecule has 0 aliphatic heterocycles. The second-order valence-corrected chi connectivity index (χ2v) is 4.40. The van der Waals surface area contributed by atoms with Crippen LogP contribution >= 0.6 is 0 Å². The maximum atomic E-state index is 10.6. The van der Waals surface area contributed by atoms with Gasteiger partial charge in [-0.15, -0.1) is 12.6 Å². The number of benzene rings is 1. The molecule has 11 nitrogen and oxygen atoms in total. The van der Waals surface area contributed by atoms with Gasteiger partial charge in [-0.3, -0.25) is 4.79 Å². The van der Waals surface area contributed by atoms with E-state index in [1.165, 1.54) is 14.2 Å². The fraction of sp³-hybridized carbons (Fsp3) is 0.417. The number of aliphatic carboxylic acids is 1. The molecule has 0 unspecified atom stereocenters. The van der Waals surface area contributed by atoms with Gasteiger partial charge in [0.1, 0.15) is 17.9 Å². The van der Waals surface area contributed by atoms with Crippen molar-refractivity contribution in [1.29, 1.82) is 0 Å². The first kappa shape index (κ1) is 21.1. The number of nitrogens with one attached hydrogen (secondary N) is 2. The van der Waals surface area contributed by atoms with Crippen LogP contribution in [0.1, 0.15) is 6.92 Å². The topological polar surface area (TPSA) is 171 Å². The largest absolute Gasteiger partial charge is 0.504 e. The number of phenolic OH excluding ortho intramolecular Hbond substituents is 2. The van der Waals surface area contributed by atoms with E-state index in [2.05, 4.69) is 10.6 Å². The van der Waals surface area contributed by atoms with Gasteiger partial charge in [-0.1, -0.05) is 0 Å². The van der Waals surface area contributed by atoms with Gasteiger partial charge in [-0.05, 0) is 6.92 Å². The molecule has 12 heteroatoms. The summed E-state index contributed by atoms with van der Waals surface area (Å²) < 4.78 is 35.4. The highest BCUT2D eigenvalue weighted by Crippen LogP contribution is 2.53. The van der Waals surface area contributed by atoms with E-state index < -0.39 is 23.1 Å². The first-order chi connectivity index (χ1) is 11.2. The highest BCUT2D eigenvalue weighted by molar-refractivity contribution is 7.59. The minimum Gasteiger partial charge on any atom is -0.504 e. The van der Waals surface area contributed by atoms with E-state index in [9.17, 15) is 15.0 Å². The molecule has 1 aromatic rings. The zero-order chi connectivity index (χ0) is 18.9. The fourth-order valence-corrected chi connectivity index (χ4v) is 1.75. The molecule has 1 aromatic carbocycles. The van der Waals surface area contributed by atoms with E-state index in [-0.39, 0.29) is 34.4 Å². The number of hydrogen-bond donors (Lipinski definition) is 5. The minimum atomic E-state index is -3.11. The Bertz CT molecular complexity index is 681. The van der Waals surface area contributed by atoms with Crippen molar-refractivity contribution in [2.75, 3.05) is 37.9 Å². The van der Waals surface area contributed by atoms with Gasteiger partial charge in [0.2, 0.25) is 5.75 Å². The van der Waals surface area contributed by atoms with Gasteiger partial charge in [0.05, 0.1) is 14.2 Å². The molecule has 0 fully saturated rings. The number of hydrogen-bond acceptors (Lipinski definition) is 10. The summed E-state index contributed by atoms with van der Waals surface area (Å²) in [5, 5.41) is 34.3. The van der Waals surface area contributed by atoms with Crippen LogP contribution in [0.3, 0.4) is 0 Å². The summed E-state index contributed by atoms with van der Waals surface area (Å²) in [6.07, 6.45) is 0. The summed E-state index contributed by atoms with van der Waals surface area (Å²) in [5.74, 6) is -1.83. The molecule has 0 aliphatic carbocycles. The van der Waals surface area contributed by atoms with E-state index in [4.69, 9.17) is 27.2 Å². The molecular formula is C12H18N2O9S. The lowest BCUT2D eigenvalue weighted by Gasteiger charge is -2.20. The van der Waals surface area contributed by atoms with Crippen LogP contribution in [0.15, 0.2) is 0 Å². The first-order valence-corrected chi connectivity index (χ1v) is 7.37. The SMILES string of the molecule is CCNc1c(O)c(NCC(=O)O)c(OC)c(O)c1OC.O=S(=O)=O. The number of carboxylic acids is 1. The summed E-state index contributed by atoms with van der Waals surface area (Å²) in [7, 11) is -0.494. The Balaban J connectivity index is 0.00000118. The second-order valence-electron chi connectivity index (χ2n) is 4.00. The molecule has 0 amide bonds. The Morgan fingerprint density at radius 1 is 1.00 bits per heavy atom. The third-order valence-corrected chi connectivity index (χ3v) is 2.54. The lowest BCUT2D eigenvalue weighted by Crippen LogP contribution is -2.14. The van der Waals surface area contributed by atoms with Crippen LogP contribution < -0.4 is 20.1 Å². The van der Waals surface area contributed by atoms with Crippen LogP contribution in [-0.2, 0) is 15.4 Å². The summed E-state index contributed by atoms with van der Waals surface area (Å²) in [6.45, 7) is 1.82. The molecule has 0 radical (unpaired) electrons. The Morgan fingerprint density at radius 3 is 1.75 bits per heavy atom. The molecule has 5 N–H and O–H groups in total. The summed E-state index contributed by atoms with van der Waals surface area (Å²) in [6, 6.07) is 0. The molecule has 0 saturated heterocycles. The van der Waals surface area contributed by atoms with Gasteiger partial charge in [0.25, 0.3) is 0 Å². The molecule has 0 saturated carbocycles. The van der Waals surface area contributed by atoms with Crippen LogP contribution in [-0.4, -0.2) is 61.2 Å². The quantitative estimate of drug-likeness (QED) is 0.326. The zero-order valence-corrected chi connectivity index (χ0v) is 13.9. The average molecular weight is 366 g/mol. The van der Waals surface area contributed by atoms with Gasteiger partial charge in [0, 0.05) is 6.54 Å². The van der Waals surface area contributed by atoms with Crippen molar-refractivity contribution in [3.05, 3.63) is 0 Å². The highest BCUT2D eigenvalue weighted by atomic mass is 32.2. The summed E-state index contributed by atoms with van der Waals surface area (Å²) >= 11 is 0. The highest BCUT2D eigenvalue weighted by Gasteiger charge is 2.25. The van der Waals surface area contributed by atoms with Crippen molar-refractivity contribution < 1.29 is 42.2 Å². The van der Waals surface area contributed by atoms with Crippen LogP contribution in [0.25, 0.3) is 0 Å². The third kappa shape index (κ3) is 5.72. The Hall–Kier alpha value is -2.89. The van der Waals surface area contributed by atoms with Crippen LogP contribution in [0, 0.1) is 0 Å². The van der Waals surface area contributed by atoms with Gasteiger partial charge in [-0.2, -0.15) is 0 Å². The Labute approximate surface area is 138 Å². The van der Waals surface area contributed by atoms with Crippen molar-refractivity contribution in [3.8, 4) is 23.0 Å². The number of rotatable bonds is 7. The number of carbonyl (C=O) groups is 1. The molecule has 0 spiro atoms. The van der Waals surface area contributed by atoms with Crippen LogP contribution in [0.2, 0.25) is 0 Å². The van der Waals surface area contributed by atoms with E-state index >= 15 is 0 Å². The molecule has 0 aromatic heterocycles. The van der Waals surface area contributed by atoms with Gasteiger partial charge >= 0.3 is 16.6 Å². The smallest absolute Gasteiger partial charge is 0.425 e. The number of methoxy groups -OCH3 is 2. The van der Waals surface area contributed by atoms with Crippen molar-refractivity contribution >= 4 is 28.0 Å². The van der Waals surface area contributed by atoms with Crippen molar-refractivity contribution in [2.24, 2.45) is 0 Å². The maximum Gasteiger partial charge on any atom is 0.425 e. The number of phenols is 2. The van der Waals surface area contributed by atoms with Crippen molar-refractivity contribution in [1.82, 2.24) is 0 Å². The lowest BCUT2D eigenvalue weighted by molar-refractivity contribution is -0.134. The average Bonchev–Trinajstić information content (AvgIpc) is 2.48. The van der Waals surface area contributed by atoms with E-state index in [1.807, 2.05) is 0 Å². The minimum absolute atomic E-state index is 0.0158.